The minimum absolute atomic E-state index is 0.104. The third-order valence-corrected chi connectivity index (χ3v) is 5.63. The smallest absolute Gasteiger partial charge is 0.126 e. The van der Waals surface area contributed by atoms with Crippen molar-refractivity contribution in [3.63, 3.8) is 0 Å². The first-order valence-electron chi connectivity index (χ1n) is 8.12. The van der Waals surface area contributed by atoms with Gasteiger partial charge in [0.05, 0.1) is 11.3 Å². The number of rotatable bonds is 3. The minimum Gasteiger partial charge on any atom is -0.277 e. The summed E-state index contributed by atoms with van der Waals surface area (Å²) < 4.78 is 0. The van der Waals surface area contributed by atoms with Gasteiger partial charge in [-0.15, -0.1) is 0 Å². The molecule has 0 spiro atoms. The largest absolute Gasteiger partial charge is 0.277 e. The lowest BCUT2D eigenvalue weighted by atomic mass is 9.53. The molecule has 0 N–H and O–H groups in total. The highest BCUT2D eigenvalue weighted by Gasteiger charge is 2.51. The Morgan fingerprint density at radius 1 is 1.05 bits per heavy atom. The Morgan fingerprint density at radius 3 is 2.14 bits per heavy atom. The molecule has 0 saturated heterocycles. The van der Waals surface area contributed by atoms with Crippen molar-refractivity contribution in [3.8, 4) is 0 Å². The van der Waals surface area contributed by atoms with Crippen molar-refractivity contribution in [1.82, 2.24) is 0 Å². The summed E-state index contributed by atoms with van der Waals surface area (Å²) >= 11 is 0. The van der Waals surface area contributed by atoms with E-state index in [0.717, 1.165) is 29.0 Å². The molecule has 0 atom stereocenters. The highest BCUT2D eigenvalue weighted by Crippen LogP contribution is 2.57. The van der Waals surface area contributed by atoms with Gasteiger partial charge in [0.25, 0.3) is 0 Å². The minimum atomic E-state index is 0.104. The van der Waals surface area contributed by atoms with Crippen molar-refractivity contribution in [2.75, 3.05) is 0 Å². The van der Waals surface area contributed by atoms with E-state index in [-0.39, 0.29) is 5.54 Å². The normalized spacial score (nSPS) is 37.3. The fourth-order valence-corrected chi connectivity index (χ4v) is 5.30. The molecule has 4 aliphatic rings. The molecule has 0 radical (unpaired) electrons. The van der Waals surface area contributed by atoms with Gasteiger partial charge in [0.2, 0.25) is 0 Å². The zero-order valence-electron chi connectivity index (χ0n) is 12.3. The summed E-state index contributed by atoms with van der Waals surface area (Å²) in [7, 11) is 0. The molecule has 0 aliphatic heterocycles. The number of allylic oxidation sites excluding steroid dienone is 1. The van der Waals surface area contributed by atoms with Crippen LogP contribution in [0, 0.1) is 17.8 Å². The quantitative estimate of drug-likeness (QED) is 0.610. The molecule has 0 unspecified atom stereocenters. The predicted molar refractivity (Wildman–Crippen MR) is 84.1 cm³/mol. The van der Waals surface area contributed by atoms with Gasteiger partial charge < -0.3 is 0 Å². The molecule has 108 valence electrons. The number of aliphatic imine (C=N–C) groups is 1. The average Bonchev–Trinajstić information content (AvgIpc) is 2.46. The maximum absolute atomic E-state index is 10.9. The van der Waals surface area contributed by atoms with Crippen LogP contribution in [-0.2, 0) is 4.79 Å². The highest BCUT2D eigenvalue weighted by molar-refractivity contribution is 6.12. The van der Waals surface area contributed by atoms with E-state index in [2.05, 4.69) is 0 Å². The molecular weight excluding hydrogens is 258 g/mol. The van der Waals surface area contributed by atoms with Crippen molar-refractivity contribution in [2.45, 2.75) is 44.1 Å². The second-order valence-corrected chi connectivity index (χ2v) is 7.27. The van der Waals surface area contributed by atoms with Crippen LogP contribution < -0.4 is 0 Å². The van der Waals surface area contributed by atoms with E-state index in [1.165, 1.54) is 44.6 Å². The van der Waals surface area contributed by atoms with Crippen molar-refractivity contribution < 1.29 is 4.79 Å². The Labute approximate surface area is 126 Å². The SMILES string of the molecule is O=C=CC(=NC12CC3CC(CC(C3)C1)C2)c1ccccc1. The lowest BCUT2D eigenvalue weighted by Gasteiger charge is -2.55. The molecule has 21 heavy (non-hydrogen) atoms. The van der Waals surface area contributed by atoms with Crippen molar-refractivity contribution in [2.24, 2.45) is 22.7 Å². The van der Waals surface area contributed by atoms with Gasteiger partial charge in [0, 0.05) is 11.6 Å². The zero-order valence-corrected chi connectivity index (χ0v) is 12.3. The van der Waals surface area contributed by atoms with Gasteiger partial charge in [-0.1, -0.05) is 30.3 Å². The molecule has 5 rings (SSSR count). The topological polar surface area (TPSA) is 29.4 Å². The first kappa shape index (κ1) is 13.0. The predicted octanol–water partition coefficient (Wildman–Crippen LogP) is 3.83. The summed E-state index contributed by atoms with van der Waals surface area (Å²) in [5.74, 6) is 4.56. The number of benzene rings is 1. The molecular formula is C19H21NO. The summed E-state index contributed by atoms with van der Waals surface area (Å²) in [5.41, 5.74) is 1.97. The molecule has 1 aromatic carbocycles. The second kappa shape index (κ2) is 4.96. The fraction of sp³-hybridized carbons (Fsp3) is 0.526. The van der Waals surface area contributed by atoms with Crippen LogP contribution in [0.5, 0.6) is 0 Å². The Hall–Kier alpha value is -1.66. The number of hydrogen-bond acceptors (Lipinski definition) is 2. The summed E-state index contributed by atoms with van der Waals surface area (Å²) in [6.07, 6.45) is 9.44. The van der Waals surface area contributed by atoms with E-state index in [9.17, 15) is 4.79 Å². The number of hydrogen-bond donors (Lipinski definition) is 0. The van der Waals surface area contributed by atoms with Crippen LogP contribution >= 0.6 is 0 Å². The molecule has 4 bridgehead atoms. The van der Waals surface area contributed by atoms with Crippen molar-refractivity contribution in [3.05, 3.63) is 42.0 Å². The molecule has 0 aromatic heterocycles. The third kappa shape index (κ3) is 2.38. The summed E-state index contributed by atoms with van der Waals surface area (Å²) in [4.78, 5) is 16.0. The van der Waals surface area contributed by atoms with E-state index in [1.807, 2.05) is 36.3 Å². The number of carbonyl (C=O) groups excluding carboxylic acids is 1. The Bertz CT molecular complexity index is 574. The van der Waals surface area contributed by atoms with Gasteiger partial charge in [0.1, 0.15) is 5.94 Å². The zero-order chi connectivity index (χ0) is 14.3. The van der Waals surface area contributed by atoms with E-state index < -0.39 is 0 Å². The maximum Gasteiger partial charge on any atom is 0.126 e. The standard InChI is InChI=1S/C19H21NO/c21-7-6-18(17-4-2-1-3-5-17)20-19-11-14-8-15(12-19)10-16(9-14)13-19/h1-6,14-16H,8-13H2. The van der Waals surface area contributed by atoms with Gasteiger partial charge in [-0.25, -0.2) is 4.79 Å². The molecule has 0 amide bonds. The van der Waals surface area contributed by atoms with Crippen molar-refractivity contribution in [1.29, 1.82) is 0 Å². The van der Waals surface area contributed by atoms with Crippen LogP contribution in [0.25, 0.3) is 0 Å². The monoisotopic (exact) mass is 279 g/mol. The number of nitrogens with zero attached hydrogens (tertiary/aromatic N) is 1. The molecule has 2 nitrogen and oxygen atoms in total. The molecule has 4 saturated carbocycles. The van der Waals surface area contributed by atoms with Gasteiger partial charge in [-0.05, 0) is 56.3 Å². The van der Waals surface area contributed by atoms with Crippen molar-refractivity contribution >= 4 is 11.7 Å². The van der Waals surface area contributed by atoms with Gasteiger partial charge in [0.15, 0.2) is 0 Å². The second-order valence-electron chi connectivity index (χ2n) is 7.27. The van der Waals surface area contributed by atoms with Crippen LogP contribution in [0.15, 0.2) is 41.4 Å². The summed E-state index contributed by atoms with van der Waals surface area (Å²) in [5, 5.41) is 0. The summed E-state index contributed by atoms with van der Waals surface area (Å²) in [6.45, 7) is 0. The third-order valence-electron chi connectivity index (χ3n) is 5.63. The lowest BCUT2D eigenvalue weighted by molar-refractivity contribution is 0.00177. The fourth-order valence-electron chi connectivity index (χ4n) is 5.30. The Morgan fingerprint density at radius 2 is 1.62 bits per heavy atom. The summed E-state index contributed by atoms with van der Waals surface area (Å²) in [6, 6.07) is 10.1. The Kier molecular flexibility index (Phi) is 3.08. The van der Waals surface area contributed by atoms with Gasteiger partial charge in [-0.3, -0.25) is 4.99 Å². The average molecular weight is 279 g/mol. The van der Waals surface area contributed by atoms with Gasteiger partial charge >= 0.3 is 0 Å². The van der Waals surface area contributed by atoms with E-state index in [0.29, 0.717) is 0 Å². The van der Waals surface area contributed by atoms with Crippen LogP contribution in [0.2, 0.25) is 0 Å². The van der Waals surface area contributed by atoms with E-state index in [4.69, 9.17) is 4.99 Å². The van der Waals surface area contributed by atoms with Crippen LogP contribution in [0.4, 0.5) is 0 Å². The molecule has 1 aromatic rings. The molecule has 2 heteroatoms. The van der Waals surface area contributed by atoms with Crippen LogP contribution in [-0.4, -0.2) is 17.2 Å². The molecule has 0 heterocycles. The molecule has 4 fully saturated rings. The first-order valence-corrected chi connectivity index (χ1v) is 8.12. The van der Waals surface area contributed by atoms with Gasteiger partial charge in [-0.2, -0.15) is 0 Å². The van der Waals surface area contributed by atoms with E-state index in [1.54, 1.807) is 0 Å². The van der Waals surface area contributed by atoms with E-state index >= 15 is 0 Å². The van der Waals surface area contributed by atoms with Crippen LogP contribution in [0.3, 0.4) is 0 Å². The first-order chi connectivity index (χ1) is 10.3. The Balaban J connectivity index is 1.72. The van der Waals surface area contributed by atoms with Crippen LogP contribution in [0.1, 0.15) is 44.1 Å². The highest BCUT2D eigenvalue weighted by atomic mass is 16.1. The molecule has 4 aliphatic carbocycles. The lowest BCUT2D eigenvalue weighted by Crippen LogP contribution is -2.49. The maximum atomic E-state index is 10.9.